The van der Waals surface area contributed by atoms with Crippen LogP contribution in [0.1, 0.15) is 62.8 Å². The monoisotopic (exact) mass is 941 g/mol. The number of nitrogens with zero attached hydrogens (tertiary/aromatic N) is 1. The lowest BCUT2D eigenvalue weighted by Crippen LogP contribution is -2.05. The second-order valence-corrected chi connectivity index (χ2v) is 18.6. The molecule has 1 aliphatic carbocycles. The van der Waals surface area contributed by atoms with Crippen molar-refractivity contribution in [2.75, 3.05) is 0 Å². The lowest BCUT2D eigenvalue weighted by Gasteiger charge is -2.30. The van der Waals surface area contributed by atoms with Gasteiger partial charge in [-0.15, -0.1) is 0 Å². The summed E-state index contributed by atoms with van der Waals surface area (Å²) < 4.78 is 2.42. The van der Waals surface area contributed by atoms with Crippen molar-refractivity contribution < 1.29 is 0 Å². The Morgan fingerprint density at radius 2 is 0.945 bits per heavy atom. The zero-order valence-electron chi connectivity index (χ0n) is 42.7. The van der Waals surface area contributed by atoms with Crippen molar-refractivity contribution in [3.8, 4) is 61.3 Å². The first kappa shape index (κ1) is 48.1. The predicted octanol–water partition coefficient (Wildman–Crippen LogP) is 20.2. The fourth-order valence-electron chi connectivity index (χ4n) is 11.1. The van der Waals surface area contributed by atoms with Gasteiger partial charge in [0.25, 0.3) is 0 Å². The molecule has 9 aromatic carbocycles. The summed E-state index contributed by atoms with van der Waals surface area (Å²) in [7, 11) is 0. The van der Waals surface area contributed by atoms with Gasteiger partial charge in [-0.3, -0.25) is 0 Å². The maximum atomic E-state index is 4.21. The fraction of sp³-hybridized carbons (Fsp3) is 0.111. The van der Waals surface area contributed by atoms with Crippen LogP contribution in [0.5, 0.6) is 0 Å². The number of para-hydroxylation sites is 2. The lowest BCUT2D eigenvalue weighted by molar-refractivity contribution is 0.956. The Kier molecular flexibility index (Phi) is 14.7. The first-order valence-corrected chi connectivity index (χ1v) is 26.1. The molecular weight excluding hydrogens is 879 g/mol. The largest absolute Gasteiger partial charge is 0.309 e. The molecule has 356 valence electrons. The third kappa shape index (κ3) is 9.55. The molecule has 0 fully saturated rings. The number of rotatable bonds is 13. The Bertz CT molecular complexity index is 3620. The Labute approximate surface area is 433 Å². The summed E-state index contributed by atoms with van der Waals surface area (Å²) in [4.78, 5) is 0. The smallest absolute Gasteiger partial charge is 0.0541 e. The molecule has 0 aliphatic heterocycles. The van der Waals surface area contributed by atoms with Crippen LogP contribution >= 0.6 is 0 Å². The highest BCUT2D eigenvalue weighted by Gasteiger charge is 2.30. The predicted molar refractivity (Wildman–Crippen MR) is 317 cm³/mol. The molecule has 0 N–H and O–H groups in total. The molecule has 0 radical (unpaired) electrons. The van der Waals surface area contributed by atoms with Crippen molar-refractivity contribution in [2.45, 2.75) is 53.4 Å². The van der Waals surface area contributed by atoms with Crippen LogP contribution in [0.15, 0.2) is 261 Å². The molecule has 0 spiro atoms. The average Bonchev–Trinajstić information content (AvgIpc) is 3.80. The van der Waals surface area contributed by atoms with Crippen LogP contribution in [0.4, 0.5) is 0 Å². The minimum atomic E-state index is 0.921. The van der Waals surface area contributed by atoms with Gasteiger partial charge in [-0.2, -0.15) is 0 Å². The van der Waals surface area contributed by atoms with E-state index in [1.165, 1.54) is 116 Å². The van der Waals surface area contributed by atoms with Crippen molar-refractivity contribution in [3.63, 3.8) is 0 Å². The van der Waals surface area contributed by atoms with Gasteiger partial charge < -0.3 is 4.57 Å². The van der Waals surface area contributed by atoms with Crippen LogP contribution in [0.2, 0.25) is 0 Å². The van der Waals surface area contributed by atoms with E-state index < -0.39 is 0 Å². The zero-order valence-corrected chi connectivity index (χ0v) is 42.7. The van der Waals surface area contributed by atoms with Gasteiger partial charge in [-0.05, 0) is 158 Å². The maximum Gasteiger partial charge on any atom is 0.0541 e. The Hall–Kier alpha value is -8.52. The first-order chi connectivity index (χ1) is 36.1. The van der Waals surface area contributed by atoms with Gasteiger partial charge in [-0.1, -0.05) is 245 Å². The highest BCUT2D eigenvalue weighted by Crippen LogP contribution is 2.55. The topological polar surface area (TPSA) is 4.93 Å². The number of benzene rings is 9. The van der Waals surface area contributed by atoms with Crippen LogP contribution in [0.25, 0.3) is 94.3 Å². The third-order valence-corrected chi connectivity index (χ3v) is 14.3. The molecule has 0 atom stereocenters. The maximum absolute atomic E-state index is 4.21. The molecule has 1 heteroatoms. The Balaban J connectivity index is 0.00000302. The molecule has 1 heterocycles. The second kappa shape index (κ2) is 22.3. The van der Waals surface area contributed by atoms with E-state index in [0.29, 0.717) is 0 Å². The highest BCUT2D eigenvalue weighted by atomic mass is 15.0. The molecule has 0 unspecified atom stereocenters. The summed E-state index contributed by atoms with van der Waals surface area (Å²) in [6.07, 6.45) is 17.0. The summed E-state index contributed by atoms with van der Waals surface area (Å²) in [6, 6.07) is 78.6. The number of hydrogen-bond acceptors (Lipinski definition) is 0. The molecule has 1 aliphatic rings. The van der Waals surface area contributed by atoms with Gasteiger partial charge in [0, 0.05) is 16.5 Å². The summed E-state index contributed by atoms with van der Waals surface area (Å²) in [6.45, 7) is 12.5. The van der Waals surface area contributed by atoms with Crippen LogP contribution in [-0.2, 0) is 12.8 Å². The summed E-state index contributed by atoms with van der Waals surface area (Å²) in [5, 5.41) is 2.52. The molecule has 73 heavy (non-hydrogen) atoms. The standard InChI is InChI=1S/C70H57N.C2H6/c1-4-24-49(3)59(5-2)60-34-19-18-25-51(60)42-39-50-40-43-56(44-41-50)69-65(52-26-10-6-11-27-52)67(54-30-14-8-15-31-54)70(68(55-32-16-9-17-33-55)66(69)53-28-12-7-13-29-53)57-45-47-58(48-46-57)71-63-37-22-20-35-61(63)62-36-21-23-38-64(62)71;1-2/h4-16,18-32,34-38,40-41,43-48H,2,17,33,39,42H2,1,3H3;1-2H3/b24-4-,59-49+;. The van der Waals surface area contributed by atoms with Gasteiger partial charge in [0.2, 0.25) is 0 Å². The second-order valence-electron chi connectivity index (χ2n) is 18.6. The van der Waals surface area contributed by atoms with E-state index >= 15 is 0 Å². The molecule has 1 nitrogen and oxygen atoms in total. The van der Waals surface area contributed by atoms with E-state index in [1.807, 2.05) is 19.9 Å². The van der Waals surface area contributed by atoms with Crippen molar-refractivity contribution in [2.24, 2.45) is 0 Å². The number of allylic oxidation sites excluding steroid dienone is 9. The van der Waals surface area contributed by atoms with E-state index in [0.717, 1.165) is 31.4 Å². The minimum Gasteiger partial charge on any atom is -0.309 e. The number of aryl methyl sites for hydroxylation is 2. The van der Waals surface area contributed by atoms with E-state index in [4.69, 9.17) is 0 Å². The van der Waals surface area contributed by atoms with E-state index in [1.54, 1.807) is 0 Å². The van der Waals surface area contributed by atoms with E-state index in [9.17, 15) is 0 Å². The zero-order chi connectivity index (χ0) is 50.1. The molecule has 11 rings (SSSR count). The van der Waals surface area contributed by atoms with Gasteiger partial charge in [-0.25, -0.2) is 0 Å². The summed E-state index contributed by atoms with van der Waals surface area (Å²) in [5.74, 6) is 0. The Morgan fingerprint density at radius 3 is 1.44 bits per heavy atom. The molecule has 0 bridgehead atoms. The van der Waals surface area contributed by atoms with Crippen LogP contribution in [0, 0.1) is 0 Å². The molecular formula is C72H63N. The first-order valence-electron chi connectivity index (χ1n) is 26.1. The molecule has 0 amide bonds. The Morgan fingerprint density at radius 1 is 0.493 bits per heavy atom. The molecule has 1 aromatic heterocycles. The van der Waals surface area contributed by atoms with Gasteiger partial charge >= 0.3 is 0 Å². The van der Waals surface area contributed by atoms with Gasteiger partial charge in [0.15, 0.2) is 0 Å². The van der Waals surface area contributed by atoms with Crippen molar-refractivity contribution in [1.29, 1.82) is 0 Å². The highest BCUT2D eigenvalue weighted by molar-refractivity contribution is 6.13. The average molecular weight is 942 g/mol. The van der Waals surface area contributed by atoms with Crippen molar-refractivity contribution in [1.82, 2.24) is 4.57 Å². The summed E-state index contributed by atoms with van der Waals surface area (Å²) >= 11 is 0. The van der Waals surface area contributed by atoms with Crippen LogP contribution in [0.3, 0.4) is 0 Å². The van der Waals surface area contributed by atoms with Crippen LogP contribution in [-0.4, -0.2) is 4.57 Å². The quantitative estimate of drug-likeness (QED) is 0.102. The molecule has 0 saturated heterocycles. The van der Waals surface area contributed by atoms with Gasteiger partial charge in [0.05, 0.1) is 11.0 Å². The summed E-state index contributed by atoms with van der Waals surface area (Å²) in [5.41, 5.74) is 24.7. The number of hydrogen-bond donors (Lipinski definition) is 0. The van der Waals surface area contributed by atoms with Gasteiger partial charge in [0.1, 0.15) is 0 Å². The lowest BCUT2D eigenvalue weighted by atomic mass is 9.73. The van der Waals surface area contributed by atoms with Crippen molar-refractivity contribution in [3.05, 3.63) is 283 Å². The SMILES string of the molecule is C=C/C(=C(C)\C=C/C)c1ccccc1CCc1ccc(-c2c(-c3ccccc3)c(C3=CC=CCC3)c(-c3ccc(-n4c5ccccc5c5ccccc54)cc3)c(-c3ccccc3)c2-c2ccccc2)cc1.CC. The number of aromatic nitrogens is 1. The van der Waals surface area contributed by atoms with E-state index in [-0.39, 0.29) is 0 Å². The minimum absolute atomic E-state index is 0.921. The molecule has 10 aromatic rings. The fourth-order valence-corrected chi connectivity index (χ4v) is 11.1. The normalized spacial score (nSPS) is 12.6. The van der Waals surface area contributed by atoms with Crippen LogP contribution < -0.4 is 0 Å². The molecule has 0 saturated carbocycles. The van der Waals surface area contributed by atoms with Crippen molar-refractivity contribution >= 4 is 33.0 Å². The third-order valence-electron chi connectivity index (χ3n) is 14.3. The van der Waals surface area contributed by atoms with E-state index in [2.05, 4.69) is 268 Å². The number of fused-ring (bicyclic) bond motifs is 3.